The average Bonchev–Trinajstić information content (AvgIpc) is 2.71. The molecule has 2 rings (SSSR count). The summed E-state index contributed by atoms with van der Waals surface area (Å²) < 4.78 is 23.6. The Morgan fingerprint density at radius 3 is 2.58 bits per heavy atom. The number of nitrogens with zero attached hydrogens (tertiary/aromatic N) is 4. The highest BCUT2D eigenvalue weighted by atomic mass is 32.2. The van der Waals surface area contributed by atoms with Crippen molar-refractivity contribution in [1.82, 2.24) is 20.0 Å². The predicted octanol–water partition coefficient (Wildman–Crippen LogP) is -0.292. The average molecular weight is 360 g/mol. The quantitative estimate of drug-likeness (QED) is 0.552. The number of rotatable bonds is 3. The first kappa shape index (κ1) is 19.5. The van der Waals surface area contributed by atoms with Gasteiger partial charge in [0.1, 0.15) is 0 Å². The van der Waals surface area contributed by atoms with Crippen LogP contribution in [-0.4, -0.2) is 106 Å². The summed E-state index contributed by atoms with van der Waals surface area (Å²) in [5.41, 5.74) is 0. The lowest BCUT2D eigenvalue weighted by Crippen LogP contribution is -2.57. The largest absolute Gasteiger partial charge is 0.355 e. The fourth-order valence-electron chi connectivity index (χ4n) is 3.31. The van der Waals surface area contributed by atoms with Crippen molar-refractivity contribution >= 4 is 15.8 Å². The maximum absolute atomic E-state index is 12.1. The molecule has 140 valence electrons. The lowest BCUT2D eigenvalue weighted by molar-refractivity contribution is 0.277. The molecule has 1 N–H and O–H groups in total. The topological polar surface area (TPSA) is 68.2 Å². The van der Waals surface area contributed by atoms with Gasteiger partial charge in [0.15, 0.2) is 15.8 Å². The first-order valence-electron chi connectivity index (χ1n) is 8.84. The second kappa shape index (κ2) is 8.01. The molecule has 7 nitrogen and oxygen atoms in total. The zero-order chi connectivity index (χ0) is 17.8. The summed E-state index contributed by atoms with van der Waals surface area (Å²) in [5.74, 6) is 1.00. The lowest BCUT2D eigenvalue weighted by Gasteiger charge is -2.39. The Hall–Kier alpha value is -0.860. The molecule has 0 aliphatic carbocycles. The smallest absolute Gasteiger partial charge is 0.193 e. The van der Waals surface area contributed by atoms with E-state index in [2.05, 4.69) is 32.1 Å². The van der Waals surface area contributed by atoms with Crippen LogP contribution in [0.25, 0.3) is 0 Å². The first-order chi connectivity index (χ1) is 11.2. The van der Waals surface area contributed by atoms with Crippen molar-refractivity contribution in [3.63, 3.8) is 0 Å². The van der Waals surface area contributed by atoms with Crippen LogP contribution in [0.4, 0.5) is 0 Å². The normalized spacial score (nSPS) is 26.2. The van der Waals surface area contributed by atoms with Gasteiger partial charge in [0, 0.05) is 46.3 Å². The van der Waals surface area contributed by atoms with Gasteiger partial charge in [-0.3, -0.25) is 4.99 Å². The SMILES string of the molecule is CN=C(NCCN1CCCN(C)CC1)N1CCS(=O)(=O)C(C)(C)C1. The van der Waals surface area contributed by atoms with E-state index in [4.69, 9.17) is 0 Å². The molecule has 0 radical (unpaired) electrons. The number of likely N-dealkylation sites (N-methyl/N-ethyl adjacent to an activating group) is 1. The van der Waals surface area contributed by atoms with E-state index in [0.717, 1.165) is 38.7 Å². The van der Waals surface area contributed by atoms with Crippen molar-refractivity contribution in [3.05, 3.63) is 0 Å². The summed E-state index contributed by atoms with van der Waals surface area (Å²) in [4.78, 5) is 11.3. The Kier molecular flexibility index (Phi) is 6.50. The summed E-state index contributed by atoms with van der Waals surface area (Å²) in [6.07, 6.45) is 1.21. The van der Waals surface area contributed by atoms with Crippen LogP contribution < -0.4 is 5.32 Å². The van der Waals surface area contributed by atoms with E-state index in [1.54, 1.807) is 20.9 Å². The number of aliphatic imine (C=N–C) groups is 1. The molecule has 2 heterocycles. The monoisotopic (exact) mass is 359 g/mol. The molecule has 24 heavy (non-hydrogen) atoms. The van der Waals surface area contributed by atoms with Gasteiger partial charge < -0.3 is 20.0 Å². The number of hydrogen-bond acceptors (Lipinski definition) is 5. The summed E-state index contributed by atoms with van der Waals surface area (Å²) in [6, 6.07) is 0. The minimum atomic E-state index is -3.02. The van der Waals surface area contributed by atoms with Gasteiger partial charge in [-0.2, -0.15) is 0 Å². The molecule has 0 bridgehead atoms. The number of hydrogen-bond donors (Lipinski definition) is 1. The molecule has 2 aliphatic heterocycles. The number of guanidine groups is 1. The molecule has 0 atom stereocenters. The molecule has 2 saturated heterocycles. The van der Waals surface area contributed by atoms with Gasteiger partial charge in [-0.15, -0.1) is 0 Å². The summed E-state index contributed by atoms with van der Waals surface area (Å²) in [5, 5.41) is 3.41. The van der Waals surface area contributed by atoms with Gasteiger partial charge in [-0.25, -0.2) is 8.42 Å². The van der Waals surface area contributed by atoms with Crippen molar-refractivity contribution in [2.24, 2.45) is 4.99 Å². The molecule has 0 unspecified atom stereocenters. The van der Waals surface area contributed by atoms with E-state index >= 15 is 0 Å². The Morgan fingerprint density at radius 1 is 1.17 bits per heavy atom. The van der Waals surface area contributed by atoms with E-state index in [9.17, 15) is 8.42 Å². The van der Waals surface area contributed by atoms with Gasteiger partial charge >= 0.3 is 0 Å². The summed E-state index contributed by atoms with van der Waals surface area (Å²) in [7, 11) is 0.920. The minimum absolute atomic E-state index is 0.194. The molecule has 0 amide bonds. The van der Waals surface area contributed by atoms with Crippen LogP contribution in [0.15, 0.2) is 4.99 Å². The molecule has 0 aromatic carbocycles. The molecular weight excluding hydrogens is 326 g/mol. The van der Waals surface area contributed by atoms with E-state index in [-0.39, 0.29) is 5.75 Å². The Morgan fingerprint density at radius 2 is 1.92 bits per heavy atom. The zero-order valence-electron chi connectivity index (χ0n) is 15.6. The van der Waals surface area contributed by atoms with E-state index in [1.807, 2.05) is 0 Å². The van der Waals surface area contributed by atoms with Crippen molar-refractivity contribution < 1.29 is 8.42 Å². The molecule has 0 aromatic rings. The standard InChI is InChI=1S/C16H33N5O2S/c1-16(2)14-21(12-13-24(16,22)23)15(17-3)18-6-9-20-8-5-7-19(4)10-11-20/h5-14H2,1-4H3,(H,17,18). The van der Waals surface area contributed by atoms with Gasteiger partial charge in [-0.05, 0) is 40.4 Å². The maximum atomic E-state index is 12.1. The molecule has 0 aromatic heterocycles. The van der Waals surface area contributed by atoms with Crippen molar-refractivity contribution in [2.45, 2.75) is 25.0 Å². The van der Waals surface area contributed by atoms with Crippen molar-refractivity contribution in [3.8, 4) is 0 Å². The highest BCUT2D eigenvalue weighted by Crippen LogP contribution is 2.23. The van der Waals surface area contributed by atoms with Gasteiger partial charge in [0.25, 0.3) is 0 Å². The van der Waals surface area contributed by atoms with E-state index in [1.165, 1.54) is 13.0 Å². The highest BCUT2D eigenvalue weighted by Gasteiger charge is 2.40. The molecule has 0 spiro atoms. The van der Waals surface area contributed by atoms with E-state index < -0.39 is 14.6 Å². The van der Waals surface area contributed by atoms with Crippen LogP contribution in [0.1, 0.15) is 20.3 Å². The first-order valence-corrected chi connectivity index (χ1v) is 10.5. The Bertz CT molecular complexity index is 547. The van der Waals surface area contributed by atoms with Gasteiger partial charge in [-0.1, -0.05) is 0 Å². The van der Waals surface area contributed by atoms with Crippen LogP contribution in [0.5, 0.6) is 0 Å². The van der Waals surface area contributed by atoms with Crippen LogP contribution in [0, 0.1) is 0 Å². The van der Waals surface area contributed by atoms with Crippen LogP contribution in [0.2, 0.25) is 0 Å². The minimum Gasteiger partial charge on any atom is -0.355 e. The summed E-state index contributed by atoms with van der Waals surface area (Å²) in [6.45, 7) is 11.0. The van der Waals surface area contributed by atoms with Crippen LogP contribution >= 0.6 is 0 Å². The third-order valence-corrected chi connectivity index (χ3v) is 7.61. The molecule has 2 fully saturated rings. The van der Waals surface area contributed by atoms with Crippen molar-refractivity contribution in [2.75, 3.05) is 72.2 Å². The molecule has 2 aliphatic rings. The third kappa shape index (κ3) is 4.83. The van der Waals surface area contributed by atoms with Gasteiger partial charge in [0.2, 0.25) is 0 Å². The molecule has 8 heteroatoms. The number of nitrogens with one attached hydrogen (secondary N) is 1. The molecule has 0 saturated carbocycles. The summed E-state index contributed by atoms with van der Waals surface area (Å²) >= 11 is 0. The Labute approximate surface area is 147 Å². The zero-order valence-corrected chi connectivity index (χ0v) is 16.4. The number of sulfone groups is 1. The fourth-order valence-corrected chi connectivity index (χ4v) is 4.67. The second-order valence-corrected chi connectivity index (χ2v) is 10.2. The third-order valence-electron chi connectivity index (χ3n) is 5.08. The van der Waals surface area contributed by atoms with Gasteiger partial charge in [0.05, 0.1) is 10.5 Å². The maximum Gasteiger partial charge on any atom is 0.193 e. The van der Waals surface area contributed by atoms with E-state index in [0.29, 0.717) is 13.1 Å². The van der Waals surface area contributed by atoms with Crippen LogP contribution in [0.3, 0.4) is 0 Å². The Balaban J connectivity index is 1.83. The molecular formula is C16H33N5O2S. The predicted molar refractivity (Wildman–Crippen MR) is 99.4 cm³/mol. The second-order valence-electron chi connectivity index (χ2n) is 7.47. The van der Waals surface area contributed by atoms with Crippen LogP contribution in [-0.2, 0) is 9.84 Å². The lowest BCUT2D eigenvalue weighted by atomic mass is 10.2. The highest BCUT2D eigenvalue weighted by molar-refractivity contribution is 7.92. The van der Waals surface area contributed by atoms with Crippen molar-refractivity contribution in [1.29, 1.82) is 0 Å². The fraction of sp³-hybridized carbons (Fsp3) is 0.938.